The Hall–Kier alpha value is -1.26. The number of rotatable bonds is 4. The smallest absolute Gasteiger partial charge is 0.370 e. The first-order valence-corrected chi connectivity index (χ1v) is 5.53. The fourth-order valence-electron chi connectivity index (χ4n) is 1.15. The van der Waals surface area contributed by atoms with Gasteiger partial charge >= 0.3 is 6.18 Å². The molecule has 0 fully saturated rings. The average molecular weight is 246 g/mol. The van der Waals surface area contributed by atoms with Gasteiger partial charge in [0.2, 0.25) is 0 Å². The lowest BCUT2D eigenvalue weighted by Crippen LogP contribution is -2.22. The summed E-state index contributed by atoms with van der Waals surface area (Å²) in [6.45, 7) is 6.74. The largest absolute Gasteiger partial charge is 0.433 e. The summed E-state index contributed by atoms with van der Waals surface area (Å²) in [6.07, 6.45) is -3.45. The molecule has 2 nitrogen and oxygen atoms in total. The van der Waals surface area contributed by atoms with Crippen LogP contribution in [0.5, 0.6) is 0 Å². The van der Waals surface area contributed by atoms with Crippen LogP contribution in [0.25, 0.3) is 0 Å². The molecular formula is C12H17F3N2. The van der Waals surface area contributed by atoms with Gasteiger partial charge in [-0.3, -0.25) is 0 Å². The van der Waals surface area contributed by atoms with Crippen molar-refractivity contribution in [2.75, 3.05) is 11.9 Å². The highest BCUT2D eigenvalue weighted by atomic mass is 19.4. The summed E-state index contributed by atoms with van der Waals surface area (Å²) in [7, 11) is 0. The van der Waals surface area contributed by atoms with E-state index in [9.17, 15) is 13.2 Å². The van der Waals surface area contributed by atoms with Crippen LogP contribution in [0.15, 0.2) is 18.2 Å². The van der Waals surface area contributed by atoms with Gasteiger partial charge in [-0.15, -0.1) is 0 Å². The summed E-state index contributed by atoms with van der Waals surface area (Å²) < 4.78 is 37.3. The van der Waals surface area contributed by atoms with Crippen LogP contribution >= 0.6 is 0 Å². The third-order valence-corrected chi connectivity index (χ3v) is 2.74. The fraction of sp³-hybridized carbons (Fsp3) is 0.583. The number of halogens is 3. The Labute approximate surface area is 99.3 Å². The monoisotopic (exact) mass is 246 g/mol. The highest BCUT2D eigenvalue weighted by molar-refractivity contribution is 5.36. The number of anilines is 1. The van der Waals surface area contributed by atoms with Gasteiger partial charge in [0.15, 0.2) is 0 Å². The highest BCUT2D eigenvalue weighted by Crippen LogP contribution is 2.28. The summed E-state index contributed by atoms with van der Waals surface area (Å²) >= 11 is 0. The SMILES string of the molecule is CCC(C)(C)CNc1cccc(C(F)(F)F)n1. The number of nitrogens with one attached hydrogen (secondary N) is 1. The number of alkyl halides is 3. The number of aromatic nitrogens is 1. The van der Waals surface area contributed by atoms with Gasteiger partial charge in [0.05, 0.1) is 0 Å². The van der Waals surface area contributed by atoms with Crippen LogP contribution in [0.4, 0.5) is 19.0 Å². The predicted molar refractivity (Wildman–Crippen MR) is 61.8 cm³/mol. The molecule has 0 bridgehead atoms. The van der Waals surface area contributed by atoms with E-state index in [4.69, 9.17) is 0 Å². The molecule has 0 aliphatic carbocycles. The average Bonchev–Trinajstić information content (AvgIpc) is 2.26. The van der Waals surface area contributed by atoms with Gasteiger partial charge < -0.3 is 5.32 Å². The van der Waals surface area contributed by atoms with Crippen LogP contribution in [0.1, 0.15) is 32.9 Å². The van der Waals surface area contributed by atoms with E-state index in [-0.39, 0.29) is 11.2 Å². The molecule has 0 amide bonds. The van der Waals surface area contributed by atoms with E-state index in [1.165, 1.54) is 6.07 Å². The molecule has 0 saturated carbocycles. The molecule has 5 heteroatoms. The highest BCUT2D eigenvalue weighted by Gasteiger charge is 2.32. The minimum Gasteiger partial charge on any atom is -0.370 e. The number of hydrogen-bond acceptors (Lipinski definition) is 2. The molecule has 0 unspecified atom stereocenters. The van der Waals surface area contributed by atoms with Crippen LogP contribution in [0.2, 0.25) is 0 Å². The Morgan fingerprint density at radius 3 is 2.41 bits per heavy atom. The summed E-state index contributed by atoms with van der Waals surface area (Å²) in [5.74, 6) is 0.265. The minimum atomic E-state index is -4.39. The quantitative estimate of drug-likeness (QED) is 0.870. The molecule has 0 aliphatic rings. The third kappa shape index (κ3) is 4.24. The van der Waals surface area contributed by atoms with Crippen molar-refractivity contribution in [2.24, 2.45) is 5.41 Å². The molecule has 1 N–H and O–H groups in total. The van der Waals surface area contributed by atoms with Crippen molar-refractivity contribution in [3.8, 4) is 0 Å². The van der Waals surface area contributed by atoms with Crippen LogP contribution < -0.4 is 5.32 Å². The van der Waals surface area contributed by atoms with Gasteiger partial charge in [-0.1, -0.05) is 26.8 Å². The molecule has 1 rings (SSSR count). The lowest BCUT2D eigenvalue weighted by molar-refractivity contribution is -0.141. The van der Waals surface area contributed by atoms with Crippen molar-refractivity contribution in [3.05, 3.63) is 23.9 Å². The molecule has 0 atom stereocenters. The van der Waals surface area contributed by atoms with Gasteiger partial charge in [-0.2, -0.15) is 13.2 Å². The maximum absolute atomic E-state index is 12.4. The molecule has 0 aromatic carbocycles. The second-order valence-electron chi connectivity index (χ2n) is 4.78. The van der Waals surface area contributed by atoms with Gasteiger partial charge in [-0.05, 0) is 24.0 Å². The van der Waals surface area contributed by atoms with Crippen molar-refractivity contribution in [1.29, 1.82) is 0 Å². The lowest BCUT2D eigenvalue weighted by atomic mass is 9.90. The maximum Gasteiger partial charge on any atom is 0.433 e. The van der Waals surface area contributed by atoms with Gasteiger partial charge in [-0.25, -0.2) is 4.98 Å². The van der Waals surface area contributed by atoms with E-state index in [1.807, 2.05) is 20.8 Å². The predicted octanol–water partition coefficient (Wildman–Crippen LogP) is 3.95. The molecule has 1 aromatic rings. The summed E-state index contributed by atoms with van der Waals surface area (Å²) in [5, 5.41) is 2.94. The first-order valence-electron chi connectivity index (χ1n) is 5.53. The number of hydrogen-bond donors (Lipinski definition) is 1. The zero-order valence-corrected chi connectivity index (χ0v) is 10.2. The zero-order valence-electron chi connectivity index (χ0n) is 10.2. The van der Waals surface area contributed by atoms with E-state index in [0.717, 1.165) is 12.5 Å². The Bertz CT molecular complexity index is 372. The normalized spacial score (nSPS) is 12.6. The lowest BCUT2D eigenvalue weighted by Gasteiger charge is -2.23. The Morgan fingerprint density at radius 1 is 1.24 bits per heavy atom. The van der Waals surface area contributed by atoms with Crippen molar-refractivity contribution < 1.29 is 13.2 Å². The van der Waals surface area contributed by atoms with E-state index in [1.54, 1.807) is 6.07 Å². The molecule has 96 valence electrons. The van der Waals surface area contributed by atoms with E-state index in [0.29, 0.717) is 6.54 Å². The van der Waals surface area contributed by atoms with Crippen LogP contribution in [0, 0.1) is 5.41 Å². The molecule has 0 saturated heterocycles. The number of nitrogens with zero attached hydrogens (tertiary/aromatic N) is 1. The van der Waals surface area contributed by atoms with Crippen molar-refractivity contribution in [2.45, 2.75) is 33.4 Å². The second kappa shape index (κ2) is 4.94. The fourth-order valence-corrected chi connectivity index (χ4v) is 1.15. The van der Waals surface area contributed by atoms with E-state index >= 15 is 0 Å². The minimum absolute atomic E-state index is 0.0376. The Balaban J connectivity index is 2.74. The van der Waals surface area contributed by atoms with Crippen molar-refractivity contribution >= 4 is 5.82 Å². The topological polar surface area (TPSA) is 24.9 Å². The summed E-state index contributed by atoms with van der Waals surface area (Å²) in [4.78, 5) is 3.55. The molecule has 0 radical (unpaired) electrons. The van der Waals surface area contributed by atoms with E-state index in [2.05, 4.69) is 10.3 Å². The first kappa shape index (κ1) is 13.8. The van der Waals surface area contributed by atoms with Gasteiger partial charge in [0.1, 0.15) is 11.5 Å². The van der Waals surface area contributed by atoms with Crippen molar-refractivity contribution in [3.63, 3.8) is 0 Å². The second-order valence-corrected chi connectivity index (χ2v) is 4.78. The van der Waals surface area contributed by atoms with Crippen LogP contribution in [-0.2, 0) is 6.18 Å². The van der Waals surface area contributed by atoms with E-state index < -0.39 is 11.9 Å². The third-order valence-electron chi connectivity index (χ3n) is 2.74. The Morgan fingerprint density at radius 2 is 1.88 bits per heavy atom. The molecule has 0 aliphatic heterocycles. The zero-order chi connectivity index (χ0) is 13.1. The summed E-state index contributed by atoms with van der Waals surface area (Å²) in [6, 6.07) is 3.87. The molecule has 1 aromatic heterocycles. The first-order chi connectivity index (χ1) is 7.74. The van der Waals surface area contributed by atoms with Gasteiger partial charge in [0.25, 0.3) is 0 Å². The molecule has 17 heavy (non-hydrogen) atoms. The molecule has 0 spiro atoms. The number of pyridine rings is 1. The van der Waals surface area contributed by atoms with Crippen LogP contribution in [-0.4, -0.2) is 11.5 Å². The van der Waals surface area contributed by atoms with Gasteiger partial charge in [0, 0.05) is 6.54 Å². The maximum atomic E-state index is 12.4. The van der Waals surface area contributed by atoms with Crippen molar-refractivity contribution in [1.82, 2.24) is 4.98 Å². The summed E-state index contributed by atoms with van der Waals surface area (Å²) in [5.41, 5.74) is -0.826. The Kier molecular flexibility index (Phi) is 4.01. The standard InChI is InChI=1S/C12H17F3N2/c1-4-11(2,3)8-16-10-7-5-6-9(17-10)12(13,14)15/h5-7H,4,8H2,1-3H3,(H,16,17). The molecule has 1 heterocycles. The molecular weight excluding hydrogens is 229 g/mol. The van der Waals surface area contributed by atoms with Crippen LogP contribution in [0.3, 0.4) is 0 Å².